The van der Waals surface area contributed by atoms with Gasteiger partial charge in [0, 0.05) is 12.7 Å². The first kappa shape index (κ1) is 21.7. The molecule has 9 nitrogen and oxygen atoms in total. The first-order valence-electron chi connectivity index (χ1n) is 8.76. The molecule has 1 N–H and O–H groups in total. The molecular formula is C16H13F5IN7O2. The second kappa shape index (κ2) is 8.18. The van der Waals surface area contributed by atoms with E-state index in [-0.39, 0.29) is 35.9 Å². The molecule has 0 unspecified atom stereocenters. The number of fused-ring (bicyclic) bond motifs is 1. The normalized spacial score (nSPS) is 17.5. The lowest BCUT2D eigenvalue weighted by Crippen LogP contribution is -2.54. The van der Waals surface area contributed by atoms with Gasteiger partial charge in [-0.05, 0) is 6.07 Å². The Bertz CT molecular complexity index is 1120. The highest BCUT2D eigenvalue weighted by Crippen LogP contribution is 2.31. The minimum atomic E-state index is -4.54. The Morgan fingerprint density at radius 1 is 1.35 bits per heavy atom. The number of aromatic nitrogens is 5. The molecule has 0 aromatic carbocycles. The van der Waals surface area contributed by atoms with Crippen LogP contribution in [-0.2, 0) is 4.74 Å². The zero-order valence-electron chi connectivity index (χ0n) is 15.4. The van der Waals surface area contributed by atoms with Crippen molar-refractivity contribution in [1.29, 1.82) is 0 Å². The molecule has 1 aliphatic rings. The van der Waals surface area contributed by atoms with Gasteiger partial charge in [-0.2, -0.15) is 23.4 Å². The number of nitrogens with one attached hydrogen (secondary N) is 1. The van der Waals surface area contributed by atoms with Crippen LogP contribution in [0, 0.1) is 0 Å². The molecule has 0 radical (unpaired) electrons. The number of alkyl halides is 5. The Labute approximate surface area is 184 Å². The summed E-state index contributed by atoms with van der Waals surface area (Å²) in [5.41, 5.74) is -0.938. The van der Waals surface area contributed by atoms with Gasteiger partial charge in [-0.1, -0.05) is 0 Å². The molecule has 0 spiro atoms. The molecule has 3 aromatic rings. The summed E-state index contributed by atoms with van der Waals surface area (Å²) in [6, 6.07) is -0.541. The van der Waals surface area contributed by atoms with Crippen molar-refractivity contribution < 1.29 is 31.5 Å². The van der Waals surface area contributed by atoms with Crippen molar-refractivity contribution in [1.82, 2.24) is 22.6 Å². The molecule has 166 valence electrons. The topological polar surface area (TPSA) is 89.6 Å². The van der Waals surface area contributed by atoms with Crippen LogP contribution < -0.4 is 10.2 Å². The molecule has 15 heteroatoms. The number of anilines is 2. The Hall–Kier alpha value is -2.56. The average molecular weight is 557 g/mol. The maximum Gasteiger partial charge on any atom is 0.411 e. The van der Waals surface area contributed by atoms with Gasteiger partial charge in [-0.15, -0.1) is 0 Å². The molecule has 4 rings (SSSR count). The van der Waals surface area contributed by atoms with E-state index in [2.05, 4.69) is 20.5 Å². The van der Waals surface area contributed by atoms with E-state index >= 15 is 0 Å². The maximum atomic E-state index is 13.4. The van der Waals surface area contributed by atoms with Crippen LogP contribution in [-0.4, -0.2) is 60.5 Å². The Kier molecular flexibility index (Phi) is 5.71. The maximum absolute atomic E-state index is 13.4. The third kappa shape index (κ3) is 4.28. The Morgan fingerprint density at radius 2 is 2.13 bits per heavy atom. The number of hydrogen-bond donors (Lipinski definition) is 1. The van der Waals surface area contributed by atoms with Crippen LogP contribution in [0.15, 0.2) is 24.7 Å². The molecule has 1 amide bonds. The van der Waals surface area contributed by atoms with Gasteiger partial charge in [0.05, 0.1) is 54.2 Å². The summed E-state index contributed by atoms with van der Waals surface area (Å²) in [7, 11) is 0. The number of carbonyl (C=O) groups is 1. The number of amides is 1. The van der Waals surface area contributed by atoms with Crippen LogP contribution in [0.4, 0.5) is 33.5 Å². The van der Waals surface area contributed by atoms with Crippen LogP contribution in [0.25, 0.3) is 5.65 Å². The SMILES string of the molecule is O=C(Nc1cn(I)nc1C(F)F)c1cnn2ccc(N3CCOC[C@H]3C(F)(F)F)nc12. The largest absolute Gasteiger partial charge is 0.411 e. The highest BCUT2D eigenvalue weighted by Gasteiger charge is 2.46. The summed E-state index contributed by atoms with van der Waals surface area (Å²) in [5.74, 6) is -0.818. The third-order valence-electron chi connectivity index (χ3n) is 4.57. The lowest BCUT2D eigenvalue weighted by Gasteiger charge is -2.37. The predicted octanol–water partition coefficient (Wildman–Crippen LogP) is 3.08. The summed E-state index contributed by atoms with van der Waals surface area (Å²) < 4.78 is 73.6. The first-order valence-corrected chi connectivity index (χ1v) is 9.72. The fourth-order valence-corrected chi connectivity index (χ4v) is 3.65. The van der Waals surface area contributed by atoms with Gasteiger partial charge in [-0.3, -0.25) is 4.79 Å². The van der Waals surface area contributed by atoms with Crippen molar-refractivity contribution in [2.75, 3.05) is 30.0 Å². The minimum Gasteiger partial charge on any atom is -0.377 e. The van der Waals surface area contributed by atoms with Crippen molar-refractivity contribution in [3.8, 4) is 0 Å². The lowest BCUT2D eigenvalue weighted by molar-refractivity contribution is -0.167. The molecule has 3 aromatic heterocycles. The number of hydrogen-bond acceptors (Lipinski definition) is 6. The Balaban J connectivity index is 1.67. The van der Waals surface area contributed by atoms with Gasteiger partial charge >= 0.3 is 6.18 Å². The standard InChI is InChI=1S/C16H13F5IN7O2/c17-13(18)12-9(6-29(22)26-12)24-15(30)8-5-23-28-2-1-11(25-14(8)28)27-3-4-31-7-10(27)16(19,20)21/h1-2,5-6,10,13H,3-4,7H2,(H,24,30)/t10-/m0/s1. The van der Waals surface area contributed by atoms with Crippen molar-refractivity contribution in [2.24, 2.45) is 0 Å². The third-order valence-corrected chi connectivity index (χ3v) is 5.06. The summed E-state index contributed by atoms with van der Waals surface area (Å²) in [6.07, 6.45) is -3.74. The fourth-order valence-electron chi connectivity index (χ4n) is 3.13. The van der Waals surface area contributed by atoms with E-state index in [4.69, 9.17) is 4.74 Å². The van der Waals surface area contributed by atoms with E-state index in [1.807, 2.05) is 0 Å². The van der Waals surface area contributed by atoms with E-state index in [9.17, 15) is 26.7 Å². The molecule has 1 atom stereocenters. The number of ether oxygens (including phenoxy) is 1. The fraction of sp³-hybridized carbons (Fsp3) is 0.375. The van der Waals surface area contributed by atoms with Crippen molar-refractivity contribution in [2.45, 2.75) is 18.6 Å². The summed E-state index contributed by atoms with van der Waals surface area (Å²) in [6.45, 7) is -0.502. The molecule has 1 fully saturated rings. The van der Waals surface area contributed by atoms with Crippen LogP contribution in [0.1, 0.15) is 22.5 Å². The smallest absolute Gasteiger partial charge is 0.377 e. The second-order valence-corrected chi connectivity index (χ2v) is 7.50. The number of halogens is 6. The number of rotatable bonds is 4. The molecular weight excluding hydrogens is 544 g/mol. The number of carbonyl (C=O) groups excluding carboxylic acids is 1. The Morgan fingerprint density at radius 3 is 2.84 bits per heavy atom. The average Bonchev–Trinajstić information content (AvgIpc) is 3.30. The molecule has 1 saturated heterocycles. The zero-order valence-corrected chi connectivity index (χ0v) is 17.5. The van der Waals surface area contributed by atoms with Gasteiger partial charge < -0.3 is 15.0 Å². The van der Waals surface area contributed by atoms with Gasteiger partial charge in [0.2, 0.25) is 0 Å². The molecule has 4 heterocycles. The molecule has 0 saturated carbocycles. The predicted molar refractivity (Wildman–Crippen MR) is 106 cm³/mol. The minimum absolute atomic E-state index is 0.0129. The van der Waals surface area contributed by atoms with Gasteiger partial charge in [0.15, 0.2) is 11.3 Å². The molecule has 31 heavy (non-hydrogen) atoms. The summed E-state index contributed by atoms with van der Waals surface area (Å²) >= 11 is 1.66. The van der Waals surface area contributed by atoms with Gasteiger partial charge in [0.1, 0.15) is 17.4 Å². The molecule has 1 aliphatic heterocycles. The summed E-state index contributed by atoms with van der Waals surface area (Å²) in [5, 5.41) is 9.87. The number of nitrogens with zero attached hydrogens (tertiary/aromatic N) is 6. The van der Waals surface area contributed by atoms with Crippen LogP contribution in [0.2, 0.25) is 0 Å². The second-order valence-electron chi connectivity index (χ2n) is 6.51. The zero-order chi connectivity index (χ0) is 22.3. The van der Waals surface area contributed by atoms with E-state index in [1.165, 1.54) is 23.0 Å². The van der Waals surface area contributed by atoms with E-state index in [1.54, 1.807) is 22.9 Å². The van der Waals surface area contributed by atoms with Gasteiger partial charge in [-0.25, -0.2) is 21.2 Å². The first-order chi connectivity index (χ1) is 14.6. The quantitative estimate of drug-likeness (QED) is 0.392. The van der Waals surface area contributed by atoms with E-state index in [0.717, 1.165) is 14.0 Å². The van der Waals surface area contributed by atoms with E-state index < -0.39 is 36.9 Å². The monoisotopic (exact) mass is 557 g/mol. The molecule has 0 bridgehead atoms. The van der Waals surface area contributed by atoms with E-state index in [0.29, 0.717) is 0 Å². The highest BCUT2D eigenvalue weighted by atomic mass is 127. The van der Waals surface area contributed by atoms with Crippen LogP contribution in [0.3, 0.4) is 0 Å². The highest BCUT2D eigenvalue weighted by molar-refractivity contribution is 14.1. The van der Waals surface area contributed by atoms with Crippen LogP contribution in [0.5, 0.6) is 0 Å². The molecule has 0 aliphatic carbocycles. The van der Waals surface area contributed by atoms with Crippen molar-refractivity contribution in [3.05, 3.63) is 35.9 Å². The lowest BCUT2D eigenvalue weighted by atomic mass is 10.2. The van der Waals surface area contributed by atoms with Crippen molar-refractivity contribution >= 4 is 45.9 Å². The van der Waals surface area contributed by atoms with Crippen LogP contribution >= 0.6 is 22.9 Å². The number of morpholine rings is 1. The van der Waals surface area contributed by atoms with Gasteiger partial charge in [0.25, 0.3) is 12.3 Å². The van der Waals surface area contributed by atoms with Crippen molar-refractivity contribution in [3.63, 3.8) is 0 Å². The summed E-state index contributed by atoms with van der Waals surface area (Å²) in [4.78, 5) is 17.9.